The van der Waals surface area contributed by atoms with Gasteiger partial charge in [-0.25, -0.2) is 0 Å². The summed E-state index contributed by atoms with van der Waals surface area (Å²) in [6.45, 7) is 2.01. The highest BCUT2D eigenvalue weighted by Crippen LogP contribution is 2.48. The van der Waals surface area contributed by atoms with Gasteiger partial charge >= 0.3 is 0 Å². The third-order valence-corrected chi connectivity index (χ3v) is 5.18. The van der Waals surface area contributed by atoms with Gasteiger partial charge in [0.1, 0.15) is 0 Å². The zero-order valence-electron chi connectivity index (χ0n) is 11.9. The van der Waals surface area contributed by atoms with Crippen molar-refractivity contribution < 1.29 is 9.59 Å². The van der Waals surface area contributed by atoms with Gasteiger partial charge < -0.3 is 5.32 Å². The van der Waals surface area contributed by atoms with Gasteiger partial charge in [-0.1, -0.05) is 60.3 Å². The largest absolute Gasteiger partial charge is 0.316 e. The number of thioether (sulfide) groups is 1. The van der Waals surface area contributed by atoms with E-state index in [2.05, 4.69) is 5.32 Å². The summed E-state index contributed by atoms with van der Waals surface area (Å²) in [6, 6.07) is 15.4. The van der Waals surface area contributed by atoms with Crippen molar-refractivity contribution in [3.05, 3.63) is 76.4 Å². The lowest BCUT2D eigenvalue weighted by Crippen LogP contribution is -2.25. The summed E-state index contributed by atoms with van der Waals surface area (Å²) in [5.41, 5.74) is 4.99. The molecule has 0 bridgehead atoms. The molecule has 3 nitrogen and oxygen atoms in total. The van der Waals surface area contributed by atoms with Gasteiger partial charge in [-0.2, -0.15) is 0 Å². The number of rotatable bonds is 1. The van der Waals surface area contributed by atoms with E-state index in [1.54, 1.807) is 0 Å². The molecule has 22 heavy (non-hydrogen) atoms. The second-order valence-electron chi connectivity index (χ2n) is 5.43. The molecule has 0 spiro atoms. The highest BCUT2D eigenvalue weighted by Gasteiger charge is 2.40. The second kappa shape index (κ2) is 4.85. The van der Waals surface area contributed by atoms with Crippen LogP contribution >= 0.6 is 11.8 Å². The Kier molecular flexibility index (Phi) is 2.94. The van der Waals surface area contributed by atoms with Crippen molar-refractivity contribution in [3.8, 4) is 0 Å². The first-order valence-corrected chi connectivity index (χ1v) is 7.96. The Morgan fingerprint density at radius 3 is 2.41 bits per heavy atom. The van der Waals surface area contributed by atoms with E-state index in [4.69, 9.17) is 0 Å². The maximum atomic E-state index is 12.8. The van der Waals surface area contributed by atoms with Gasteiger partial charge in [0.05, 0.1) is 10.9 Å². The van der Waals surface area contributed by atoms with Crippen LogP contribution in [0, 0.1) is 6.92 Å². The Morgan fingerprint density at radius 1 is 0.955 bits per heavy atom. The number of nitrogens with one attached hydrogen (secondary N) is 1. The fraction of sp³-hybridized carbons (Fsp3) is 0.111. The van der Waals surface area contributed by atoms with E-state index in [1.165, 1.54) is 11.8 Å². The van der Waals surface area contributed by atoms with Gasteiger partial charge in [-0.15, -0.1) is 0 Å². The zero-order valence-corrected chi connectivity index (χ0v) is 12.7. The summed E-state index contributed by atoms with van der Waals surface area (Å²) >= 11 is 1.18. The van der Waals surface area contributed by atoms with Crippen molar-refractivity contribution in [3.63, 3.8) is 0 Å². The zero-order chi connectivity index (χ0) is 15.3. The number of hydrogen-bond acceptors (Lipinski definition) is 3. The summed E-state index contributed by atoms with van der Waals surface area (Å²) in [7, 11) is 0. The van der Waals surface area contributed by atoms with E-state index in [0.717, 1.165) is 16.7 Å². The third-order valence-electron chi connectivity index (χ3n) is 4.14. The molecule has 0 saturated heterocycles. The molecule has 1 amide bonds. The van der Waals surface area contributed by atoms with Gasteiger partial charge in [0.15, 0.2) is 5.78 Å². The summed E-state index contributed by atoms with van der Waals surface area (Å²) in [5, 5.41) is 2.51. The van der Waals surface area contributed by atoms with Gasteiger partial charge in [0.2, 0.25) is 0 Å². The van der Waals surface area contributed by atoms with Crippen LogP contribution in [0.3, 0.4) is 0 Å². The van der Waals surface area contributed by atoms with Crippen LogP contribution in [0.5, 0.6) is 0 Å². The Labute approximate surface area is 132 Å². The molecule has 108 valence electrons. The van der Waals surface area contributed by atoms with Gasteiger partial charge in [0.25, 0.3) is 5.24 Å². The predicted octanol–water partition coefficient (Wildman–Crippen LogP) is 4.10. The van der Waals surface area contributed by atoms with Crippen LogP contribution < -0.4 is 5.32 Å². The average molecular weight is 307 g/mol. The molecule has 1 atom stereocenters. The van der Waals surface area contributed by atoms with Gasteiger partial charge in [-0.05, 0) is 18.1 Å². The maximum absolute atomic E-state index is 12.8. The number of aryl methyl sites for hydroxylation is 1. The van der Waals surface area contributed by atoms with Crippen molar-refractivity contribution in [2.45, 2.75) is 12.2 Å². The highest BCUT2D eigenvalue weighted by atomic mass is 32.2. The number of ketones is 1. The van der Waals surface area contributed by atoms with Crippen LogP contribution in [0.2, 0.25) is 0 Å². The Hall–Kier alpha value is -2.33. The summed E-state index contributed by atoms with van der Waals surface area (Å²) in [4.78, 5) is 24.9. The monoisotopic (exact) mass is 307 g/mol. The van der Waals surface area contributed by atoms with E-state index >= 15 is 0 Å². The first-order chi connectivity index (χ1) is 10.7. The molecule has 4 heteroatoms. The van der Waals surface area contributed by atoms with Crippen molar-refractivity contribution in [2.75, 3.05) is 0 Å². The van der Waals surface area contributed by atoms with Gasteiger partial charge in [0, 0.05) is 16.7 Å². The number of amides is 1. The number of carbonyl (C=O) groups excluding carboxylic acids is 2. The number of hydrogen-bond donors (Lipinski definition) is 1. The molecule has 1 aliphatic heterocycles. The molecule has 2 aromatic rings. The van der Waals surface area contributed by atoms with Crippen molar-refractivity contribution in [1.82, 2.24) is 5.32 Å². The molecule has 2 aromatic carbocycles. The topological polar surface area (TPSA) is 46.2 Å². The summed E-state index contributed by atoms with van der Waals surface area (Å²) < 4.78 is 0. The molecule has 0 aromatic heterocycles. The van der Waals surface area contributed by atoms with Crippen LogP contribution in [0.15, 0.2) is 54.1 Å². The summed E-state index contributed by atoms with van der Waals surface area (Å²) in [6.07, 6.45) is 0. The van der Waals surface area contributed by atoms with Crippen molar-refractivity contribution in [2.24, 2.45) is 0 Å². The molecule has 0 radical (unpaired) electrons. The van der Waals surface area contributed by atoms with E-state index in [9.17, 15) is 9.59 Å². The molecular weight excluding hydrogens is 294 g/mol. The highest BCUT2D eigenvalue weighted by molar-refractivity contribution is 8.14. The summed E-state index contributed by atoms with van der Waals surface area (Å²) in [5.74, 6) is 0.0198. The van der Waals surface area contributed by atoms with E-state index in [0.29, 0.717) is 16.8 Å². The van der Waals surface area contributed by atoms with Crippen molar-refractivity contribution in [1.29, 1.82) is 0 Å². The molecule has 1 heterocycles. The smallest absolute Gasteiger partial charge is 0.284 e. The minimum absolute atomic E-state index is 0.0198. The molecule has 1 N–H and O–H groups in total. The maximum Gasteiger partial charge on any atom is 0.284 e. The minimum Gasteiger partial charge on any atom is -0.316 e. The molecule has 4 rings (SSSR count). The molecule has 2 aliphatic rings. The van der Waals surface area contributed by atoms with E-state index < -0.39 is 0 Å². The lowest BCUT2D eigenvalue weighted by molar-refractivity contribution is 0.103. The number of Topliss-reactive ketones (excluding diaryl/α,β-unsaturated/α-hetero) is 1. The van der Waals surface area contributed by atoms with Crippen molar-refractivity contribution >= 4 is 28.5 Å². The number of carbonyl (C=O) groups is 2. The molecule has 0 fully saturated rings. The van der Waals surface area contributed by atoms with Crippen LogP contribution in [0.25, 0.3) is 5.70 Å². The Bertz CT molecular complexity index is 854. The van der Waals surface area contributed by atoms with E-state index in [-0.39, 0.29) is 16.3 Å². The Morgan fingerprint density at radius 2 is 1.64 bits per heavy atom. The van der Waals surface area contributed by atoms with Crippen LogP contribution in [0.4, 0.5) is 4.79 Å². The van der Waals surface area contributed by atoms with Gasteiger partial charge in [-0.3, -0.25) is 9.59 Å². The Balaban J connectivity index is 1.93. The van der Waals surface area contributed by atoms with Crippen LogP contribution in [-0.2, 0) is 0 Å². The predicted molar refractivity (Wildman–Crippen MR) is 87.7 cm³/mol. The molecule has 0 unspecified atom stereocenters. The van der Waals surface area contributed by atoms with Crippen LogP contribution in [0.1, 0.15) is 32.3 Å². The standard InChI is InChI=1S/C18H13NO2S/c1-10-6-2-3-7-11(10)17-14-15(19-18(21)22-17)12-8-4-5-9-13(12)16(14)20/h2-9,17H,1H3,(H,19,21)/t17-/m0/s1. The quantitative estimate of drug-likeness (QED) is 0.862. The number of benzene rings is 2. The molecular formula is C18H13NO2S. The fourth-order valence-electron chi connectivity index (χ4n) is 3.09. The molecule has 1 aliphatic carbocycles. The normalized spacial score (nSPS) is 19.8. The fourth-order valence-corrected chi connectivity index (χ4v) is 4.19. The third kappa shape index (κ3) is 1.84. The lowest BCUT2D eigenvalue weighted by Gasteiger charge is -2.25. The average Bonchev–Trinajstić information content (AvgIpc) is 2.81. The number of fused-ring (bicyclic) bond motifs is 2. The first kappa shape index (κ1) is 13.3. The van der Waals surface area contributed by atoms with Crippen LogP contribution in [-0.4, -0.2) is 11.0 Å². The first-order valence-electron chi connectivity index (χ1n) is 7.08. The minimum atomic E-state index is -0.246. The second-order valence-corrected chi connectivity index (χ2v) is 6.51. The lowest BCUT2D eigenvalue weighted by atomic mass is 9.97. The SMILES string of the molecule is Cc1ccccc1[C@@H]1SC(=O)NC2=C1C(=O)c1ccccc12. The van der Waals surface area contributed by atoms with E-state index in [1.807, 2.05) is 55.5 Å². The molecule has 0 saturated carbocycles.